The van der Waals surface area contributed by atoms with Gasteiger partial charge in [0, 0.05) is 27.7 Å². The molecule has 0 fully saturated rings. The van der Waals surface area contributed by atoms with E-state index in [1.165, 1.54) is 0 Å². The van der Waals surface area contributed by atoms with Crippen molar-refractivity contribution in [2.75, 3.05) is 11.9 Å². The normalized spacial score (nSPS) is 15.8. The van der Waals surface area contributed by atoms with E-state index in [0.29, 0.717) is 24.3 Å². The molecule has 0 aliphatic carbocycles. The number of rotatable bonds is 3. The zero-order valence-corrected chi connectivity index (χ0v) is 17.6. The second kappa shape index (κ2) is 8.22. The molecular formula is C21H23BrN2O4. The molecule has 0 spiro atoms. The SMILES string of the molecule is CC(C)(C)OC(=O)Nc1cccc(C(=O)NC2CCOc3ccc(Br)cc32)c1. The number of hydrogen-bond acceptors (Lipinski definition) is 4. The van der Waals surface area contributed by atoms with Crippen LogP contribution in [0.1, 0.15) is 49.2 Å². The lowest BCUT2D eigenvalue weighted by Gasteiger charge is -2.27. The molecule has 2 amide bonds. The molecule has 28 heavy (non-hydrogen) atoms. The summed E-state index contributed by atoms with van der Waals surface area (Å²) >= 11 is 3.46. The molecule has 0 aromatic heterocycles. The molecule has 3 rings (SSSR count). The third-order valence-electron chi connectivity index (χ3n) is 4.09. The molecule has 2 N–H and O–H groups in total. The van der Waals surface area contributed by atoms with Gasteiger partial charge < -0.3 is 14.8 Å². The Morgan fingerprint density at radius 2 is 1.96 bits per heavy atom. The number of benzene rings is 2. The van der Waals surface area contributed by atoms with Gasteiger partial charge in [-0.3, -0.25) is 10.1 Å². The van der Waals surface area contributed by atoms with Gasteiger partial charge in [-0.2, -0.15) is 0 Å². The Hall–Kier alpha value is -2.54. The minimum Gasteiger partial charge on any atom is -0.493 e. The number of amides is 2. The van der Waals surface area contributed by atoms with E-state index in [4.69, 9.17) is 9.47 Å². The number of fused-ring (bicyclic) bond motifs is 1. The van der Waals surface area contributed by atoms with Crippen LogP contribution < -0.4 is 15.4 Å². The average molecular weight is 447 g/mol. The van der Waals surface area contributed by atoms with Crippen molar-refractivity contribution in [2.24, 2.45) is 0 Å². The molecule has 7 heteroatoms. The lowest BCUT2D eigenvalue weighted by Crippen LogP contribution is -2.32. The number of hydrogen-bond donors (Lipinski definition) is 2. The van der Waals surface area contributed by atoms with Gasteiger partial charge in [-0.05, 0) is 57.2 Å². The molecule has 1 heterocycles. The molecule has 148 valence electrons. The first-order valence-corrected chi connectivity index (χ1v) is 9.84. The van der Waals surface area contributed by atoms with Gasteiger partial charge in [-0.1, -0.05) is 22.0 Å². The summed E-state index contributed by atoms with van der Waals surface area (Å²) in [6.07, 6.45) is 0.124. The van der Waals surface area contributed by atoms with Gasteiger partial charge in [0.1, 0.15) is 11.4 Å². The molecular weight excluding hydrogens is 424 g/mol. The molecule has 0 saturated carbocycles. The summed E-state index contributed by atoms with van der Waals surface area (Å²) in [5.41, 5.74) is 1.30. The maximum atomic E-state index is 12.8. The Bertz CT molecular complexity index is 892. The molecule has 1 atom stereocenters. The predicted molar refractivity (Wildman–Crippen MR) is 111 cm³/mol. The second-order valence-corrected chi connectivity index (χ2v) is 8.47. The summed E-state index contributed by atoms with van der Waals surface area (Å²) < 4.78 is 11.8. The monoisotopic (exact) mass is 446 g/mol. The van der Waals surface area contributed by atoms with E-state index in [1.54, 1.807) is 45.0 Å². The molecule has 1 aliphatic heterocycles. The molecule has 1 unspecified atom stereocenters. The highest BCUT2D eigenvalue weighted by Crippen LogP contribution is 2.34. The second-order valence-electron chi connectivity index (χ2n) is 7.55. The number of anilines is 1. The summed E-state index contributed by atoms with van der Waals surface area (Å²) in [6, 6.07) is 12.4. The van der Waals surface area contributed by atoms with Crippen LogP contribution in [0.25, 0.3) is 0 Å². The van der Waals surface area contributed by atoms with Gasteiger partial charge in [-0.25, -0.2) is 4.79 Å². The smallest absolute Gasteiger partial charge is 0.412 e. The van der Waals surface area contributed by atoms with E-state index in [9.17, 15) is 9.59 Å². The van der Waals surface area contributed by atoms with Gasteiger partial charge in [0.15, 0.2) is 0 Å². The standard InChI is InChI=1S/C21H23BrN2O4/c1-21(2,3)28-20(26)23-15-6-4-5-13(11-15)19(25)24-17-9-10-27-18-8-7-14(22)12-16(17)18/h4-8,11-12,17H,9-10H2,1-3H3,(H,23,26)(H,24,25). The number of ether oxygens (including phenoxy) is 2. The summed E-state index contributed by atoms with van der Waals surface area (Å²) in [4.78, 5) is 24.7. The van der Waals surface area contributed by atoms with Crippen molar-refractivity contribution in [2.45, 2.75) is 38.8 Å². The Morgan fingerprint density at radius 1 is 1.18 bits per heavy atom. The molecule has 0 saturated heterocycles. The van der Waals surface area contributed by atoms with E-state index in [2.05, 4.69) is 26.6 Å². The average Bonchev–Trinajstić information content (AvgIpc) is 2.60. The van der Waals surface area contributed by atoms with Gasteiger partial charge in [0.2, 0.25) is 0 Å². The Labute approximate surface area is 172 Å². The van der Waals surface area contributed by atoms with E-state index in [1.807, 2.05) is 18.2 Å². The van der Waals surface area contributed by atoms with Crippen molar-refractivity contribution < 1.29 is 19.1 Å². The fraction of sp³-hybridized carbons (Fsp3) is 0.333. The van der Waals surface area contributed by atoms with Crippen LogP contribution >= 0.6 is 15.9 Å². The molecule has 6 nitrogen and oxygen atoms in total. The van der Waals surface area contributed by atoms with E-state index in [-0.39, 0.29) is 11.9 Å². The Balaban J connectivity index is 1.71. The largest absolute Gasteiger partial charge is 0.493 e. The number of nitrogens with one attached hydrogen (secondary N) is 2. The van der Waals surface area contributed by atoms with E-state index >= 15 is 0 Å². The minimum atomic E-state index is -0.593. The predicted octanol–water partition coefficient (Wildman–Crippen LogP) is 5.05. The first kappa shape index (κ1) is 20.2. The minimum absolute atomic E-state index is 0.142. The Morgan fingerprint density at radius 3 is 2.71 bits per heavy atom. The van der Waals surface area contributed by atoms with Gasteiger partial charge >= 0.3 is 6.09 Å². The van der Waals surface area contributed by atoms with Crippen molar-refractivity contribution in [3.8, 4) is 5.75 Å². The third-order valence-corrected chi connectivity index (χ3v) is 4.58. The molecule has 0 radical (unpaired) electrons. The number of carbonyl (C=O) groups excluding carboxylic acids is 2. The summed E-state index contributed by atoms with van der Waals surface area (Å²) in [7, 11) is 0. The summed E-state index contributed by atoms with van der Waals surface area (Å²) in [5.74, 6) is 0.561. The van der Waals surface area contributed by atoms with E-state index in [0.717, 1.165) is 15.8 Å². The van der Waals surface area contributed by atoms with Gasteiger partial charge in [-0.15, -0.1) is 0 Å². The van der Waals surface area contributed by atoms with Crippen LogP contribution in [0.3, 0.4) is 0 Å². The maximum Gasteiger partial charge on any atom is 0.412 e. The fourth-order valence-electron chi connectivity index (χ4n) is 2.92. The Kier molecular flexibility index (Phi) is 5.93. The van der Waals surface area contributed by atoms with Crippen LogP contribution in [0.5, 0.6) is 5.75 Å². The van der Waals surface area contributed by atoms with Crippen LogP contribution in [0, 0.1) is 0 Å². The van der Waals surface area contributed by atoms with Crippen LogP contribution in [-0.2, 0) is 4.74 Å². The fourth-order valence-corrected chi connectivity index (χ4v) is 3.30. The van der Waals surface area contributed by atoms with Crippen LogP contribution in [0.4, 0.5) is 10.5 Å². The third kappa shape index (κ3) is 5.25. The number of carbonyl (C=O) groups is 2. The first-order chi connectivity index (χ1) is 13.2. The summed E-state index contributed by atoms with van der Waals surface area (Å²) in [6.45, 7) is 5.92. The highest BCUT2D eigenvalue weighted by atomic mass is 79.9. The van der Waals surface area contributed by atoms with Crippen molar-refractivity contribution in [3.05, 3.63) is 58.1 Å². The van der Waals surface area contributed by atoms with E-state index < -0.39 is 11.7 Å². The first-order valence-electron chi connectivity index (χ1n) is 9.04. The van der Waals surface area contributed by atoms with Crippen molar-refractivity contribution in [1.29, 1.82) is 0 Å². The maximum absolute atomic E-state index is 12.8. The lowest BCUT2D eigenvalue weighted by atomic mass is 10.00. The van der Waals surface area contributed by atoms with Crippen molar-refractivity contribution in [1.82, 2.24) is 5.32 Å². The molecule has 2 aromatic carbocycles. The lowest BCUT2D eigenvalue weighted by molar-refractivity contribution is 0.0635. The quantitative estimate of drug-likeness (QED) is 0.691. The molecule has 1 aliphatic rings. The number of halogens is 1. The summed E-state index contributed by atoms with van der Waals surface area (Å²) in [5, 5.41) is 5.71. The van der Waals surface area contributed by atoms with Crippen LogP contribution in [0.2, 0.25) is 0 Å². The van der Waals surface area contributed by atoms with Gasteiger partial charge in [0.05, 0.1) is 12.6 Å². The van der Waals surface area contributed by atoms with Gasteiger partial charge in [0.25, 0.3) is 5.91 Å². The zero-order valence-electron chi connectivity index (χ0n) is 16.0. The molecule has 2 aromatic rings. The topological polar surface area (TPSA) is 76.7 Å². The van der Waals surface area contributed by atoms with Crippen LogP contribution in [0.15, 0.2) is 46.9 Å². The highest BCUT2D eigenvalue weighted by molar-refractivity contribution is 9.10. The molecule has 0 bridgehead atoms. The van der Waals surface area contributed by atoms with Crippen molar-refractivity contribution >= 4 is 33.6 Å². The zero-order chi connectivity index (χ0) is 20.3. The van der Waals surface area contributed by atoms with Crippen LogP contribution in [-0.4, -0.2) is 24.2 Å². The highest BCUT2D eigenvalue weighted by Gasteiger charge is 2.24. The van der Waals surface area contributed by atoms with Crippen molar-refractivity contribution in [3.63, 3.8) is 0 Å².